The Labute approximate surface area is 123 Å². The van der Waals surface area contributed by atoms with Gasteiger partial charge in [-0.2, -0.15) is 0 Å². The Bertz CT molecular complexity index is 418. The Kier molecular flexibility index (Phi) is 2.52. The molecule has 5 aliphatic rings. The van der Waals surface area contributed by atoms with Crippen molar-refractivity contribution < 1.29 is 4.74 Å². The lowest BCUT2D eigenvalue weighted by molar-refractivity contribution is -0.0566. The zero-order chi connectivity index (χ0) is 13.5. The molecule has 0 radical (unpaired) electrons. The fraction of sp³-hybridized carbons (Fsp3) is 1.00. The maximum absolute atomic E-state index is 5.87. The fourth-order valence-electron chi connectivity index (χ4n) is 7.32. The van der Waals surface area contributed by atoms with Crippen LogP contribution >= 0.6 is 0 Å². The second-order valence-corrected chi connectivity index (χ2v) is 9.14. The Morgan fingerprint density at radius 1 is 0.850 bits per heavy atom. The maximum Gasteiger partial charge on any atom is 0.0844 e. The first kappa shape index (κ1) is 12.5. The molecule has 20 heavy (non-hydrogen) atoms. The van der Waals surface area contributed by atoms with Gasteiger partial charge in [-0.15, -0.1) is 0 Å². The molecule has 0 bridgehead atoms. The summed E-state index contributed by atoms with van der Waals surface area (Å²) in [5.74, 6) is 6.27. The molecule has 1 nitrogen and oxygen atoms in total. The van der Waals surface area contributed by atoms with Crippen LogP contribution < -0.4 is 0 Å². The molecule has 5 fully saturated rings. The van der Waals surface area contributed by atoms with Crippen LogP contribution in [0, 0.1) is 40.9 Å². The van der Waals surface area contributed by atoms with Crippen molar-refractivity contribution in [2.75, 3.05) is 0 Å². The molecule has 1 heteroatoms. The van der Waals surface area contributed by atoms with E-state index in [4.69, 9.17) is 4.74 Å². The highest BCUT2D eigenvalue weighted by Crippen LogP contribution is 2.64. The first-order valence-electron chi connectivity index (χ1n) is 9.32. The standard InChI is InChI=1S/C19H30O/c1-11-3-6-16-14-5-4-12-9-17-18(20-17)10-15(12)13(14)7-8-19(11,16)2/h11-18H,3-10H2,1-2H3. The molecule has 4 saturated carbocycles. The van der Waals surface area contributed by atoms with Crippen molar-refractivity contribution in [2.45, 2.75) is 77.4 Å². The van der Waals surface area contributed by atoms with Gasteiger partial charge in [-0.25, -0.2) is 0 Å². The van der Waals surface area contributed by atoms with Gasteiger partial charge in [0.1, 0.15) is 0 Å². The van der Waals surface area contributed by atoms with E-state index in [0.29, 0.717) is 17.6 Å². The van der Waals surface area contributed by atoms with Gasteiger partial charge >= 0.3 is 0 Å². The van der Waals surface area contributed by atoms with Crippen LogP contribution in [-0.4, -0.2) is 12.2 Å². The maximum atomic E-state index is 5.87. The van der Waals surface area contributed by atoms with Gasteiger partial charge in [-0.1, -0.05) is 13.8 Å². The van der Waals surface area contributed by atoms with Crippen LogP contribution in [0.1, 0.15) is 65.2 Å². The molecule has 112 valence electrons. The van der Waals surface area contributed by atoms with Crippen molar-refractivity contribution in [1.82, 2.24) is 0 Å². The molecule has 9 atom stereocenters. The predicted molar refractivity (Wildman–Crippen MR) is 80.3 cm³/mol. The van der Waals surface area contributed by atoms with E-state index in [-0.39, 0.29) is 0 Å². The zero-order valence-electron chi connectivity index (χ0n) is 13.2. The van der Waals surface area contributed by atoms with Crippen LogP contribution in [0.3, 0.4) is 0 Å². The number of fused-ring (bicyclic) bond motifs is 6. The quantitative estimate of drug-likeness (QED) is 0.586. The van der Waals surface area contributed by atoms with E-state index in [1.807, 2.05) is 0 Å². The highest BCUT2D eigenvalue weighted by Gasteiger charge is 2.58. The van der Waals surface area contributed by atoms with Crippen LogP contribution in [-0.2, 0) is 4.74 Å². The Hall–Kier alpha value is -0.0400. The topological polar surface area (TPSA) is 12.5 Å². The minimum absolute atomic E-state index is 0.686. The monoisotopic (exact) mass is 274 g/mol. The van der Waals surface area contributed by atoms with E-state index in [0.717, 1.165) is 35.5 Å². The zero-order valence-corrected chi connectivity index (χ0v) is 13.2. The Morgan fingerprint density at radius 3 is 2.60 bits per heavy atom. The molecule has 9 unspecified atom stereocenters. The normalized spacial score (nSPS) is 63.9. The molecule has 1 aliphatic heterocycles. The largest absolute Gasteiger partial charge is 0.370 e. The highest BCUT2D eigenvalue weighted by molar-refractivity contribution is 5.07. The lowest BCUT2D eigenvalue weighted by atomic mass is 9.50. The molecule has 1 saturated heterocycles. The molecule has 4 aliphatic carbocycles. The van der Waals surface area contributed by atoms with Crippen molar-refractivity contribution in [1.29, 1.82) is 0 Å². The van der Waals surface area contributed by atoms with Gasteiger partial charge in [0.05, 0.1) is 12.2 Å². The molecule has 1 heterocycles. The average molecular weight is 274 g/mol. The van der Waals surface area contributed by atoms with Gasteiger partial charge in [-0.05, 0) is 92.3 Å². The number of hydrogen-bond acceptors (Lipinski definition) is 1. The van der Waals surface area contributed by atoms with Crippen molar-refractivity contribution in [2.24, 2.45) is 40.9 Å². The van der Waals surface area contributed by atoms with Gasteiger partial charge in [0.25, 0.3) is 0 Å². The third kappa shape index (κ3) is 1.54. The first-order chi connectivity index (χ1) is 9.67. The highest BCUT2D eigenvalue weighted by atomic mass is 16.6. The minimum Gasteiger partial charge on any atom is -0.370 e. The SMILES string of the molecule is CC1CCC2C3CCC4CC5OC5CC4C3CCC12C. The third-order valence-corrected chi connectivity index (χ3v) is 8.72. The summed E-state index contributed by atoms with van der Waals surface area (Å²) in [6.45, 7) is 5.17. The number of hydrogen-bond donors (Lipinski definition) is 0. The van der Waals surface area contributed by atoms with Gasteiger partial charge in [0.15, 0.2) is 0 Å². The number of rotatable bonds is 0. The second-order valence-electron chi connectivity index (χ2n) is 9.14. The third-order valence-electron chi connectivity index (χ3n) is 8.72. The van der Waals surface area contributed by atoms with Crippen LogP contribution in [0.25, 0.3) is 0 Å². The summed E-state index contributed by atoms with van der Waals surface area (Å²) in [4.78, 5) is 0. The van der Waals surface area contributed by atoms with Crippen LogP contribution in [0.4, 0.5) is 0 Å². The lowest BCUT2D eigenvalue weighted by Crippen LogP contribution is -2.48. The Balaban J connectivity index is 1.43. The summed E-state index contributed by atoms with van der Waals surface area (Å²) >= 11 is 0. The van der Waals surface area contributed by atoms with E-state index < -0.39 is 0 Å². The minimum atomic E-state index is 0.686. The molecular formula is C19H30O. The van der Waals surface area contributed by atoms with Crippen LogP contribution in [0.15, 0.2) is 0 Å². The van der Waals surface area contributed by atoms with Gasteiger partial charge in [-0.3, -0.25) is 0 Å². The summed E-state index contributed by atoms with van der Waals surface area (Å²) in [6, 6.07) is 0. The number of ether oxygens (including phenoxy) is 1. The molecule has 0 aromatic heterocycles. The summed E-state index contributed by atoms with van der Waals surface area (Å²) in [5.41, 5.74) is 0.696. The summed E-state index contributed by atoms with van der Waals surface area (Å²) in [5, 5.41) is 0. The van der Waals surface area contributed by atoms with Crippen LogP contribution in [0.2, 0.25) is 0 Å². The molecule has 0 aromatic rings. The first-order valence-corrected chi connectivity index (χ1v) is 9.32. The smallest absolute Gasteiger partial charge is 0.0844 e. The molecule has 0 aromatic carbocycles. The van der Waals surface area contributed by atoms with E-state index in [9.17, 15) is 0 Å². The van der Waals surface area contributed by atoms with E-state index in [1.54, 1.807) is 19.3 Å². The van der Waals surface area contributed by atoms with Crippen LogP contribution in [0.5, 0.6) is 0 Å². The molecule has 0 amide bonds. The van der Waals surface area contributed by atoms with Crippen molar-refractivity contribution in [3.8, 4) is 0 Å². The summed E-state index contributed by atoms with van der Waals surface area (Å²) < 4.78 is 5.87. The average Bonchev–Trinajstić information content (AvgIpc) is 3.14. The van der Waals surface area contributed by atoms with E-state index in [1.165, 1.54) is 32.1 Å². The van der Waals surface area contributed by atoms with E-state index in [2.05, 4.69) is 13.8 Å². The van der Waals surface area contributed by atoms with Crippen molar-refractivity contribution in [3.63, 3.8) is 0 Å². The molecular weight excluding hydrogens is 244 g/mol. The van der Waals surface area contributed by atoms with Gasteiger partial charge < -0.3 is 4.74 Å². The lowest BCUT2D eigenvalue weighted by Gasteiger charge is -2.55. The Morgan fingerprint density at radius 2 is 1.70 bits per heavy atom. The second kappa shape index (κ2) is 4.03. The molecule has 5 rings (SSSR count). The number of epoxide rings is 1. The molecule has 0 N–H and O–H groups in total. The van der Waals surface area contributed by atoms with E-state index >= 15 is 0 Å². The molecule has 0 spiro atoms. The predicted octanol–water partition coefficient (Wildman–Crippen LogP) is 4.65. The van der Waals surface area contributed by atoms with Crippen molar-refractivity contribution >= 4 is 0 Å². The summed E-state index contributed by atoms with van der Waals surface area (Å²) in [7, 11) is 0. The fourth-order valence-corrected chi connectivity index (χ4v) is 7.32. The van der Waals surface area contributed by atoms with Crippen molar-refractivity contribution in [3.05, 3.63) is 0 Å². The van der Waals surface area contributed by atoms with Gasteiger partial charge in [0.2, 0.25) is 0 Å². The summed E-state index contributed by atoms with van der Waals surface area (Å²) in [6.07, 6.45) is 13.4. The van der Waals surface area contributed by atoms with Gasteiger partial charge in [0, 0.05) is 0 Å².